The predicted molar refractivity (Wildman–Crippen MR) is 91.7 cm³/mol. The van der Waals surface area contributed by atoms with Crippen LogP contribution in [-0.4, -0.2) is 31.1 Å². The van der Waals surface area contributed by atoms with Crippen molar-refractivity contribution in [3.05, 3.63) is 45.1 Å². The summed E-state index contributed by atoms with van der Waals surface area (Å²) in [6.45, 7) is 5.88. The van der Waals surface area contributed by atoms with E-state index in [4.69, 9.17) is 9.47 Å². The lowest BCUT2D eigenvalue weighted by Crippen LogP contribution is -2.25. The van der Waals surface area contributed by atoms with Gasteiger partial charge in [-0.05, 0) is 42.7 Å². The SMILES string of the molecule is CCc1sc(C(=O)N(C)Cc2ccc3c(c2)OCCO3)cc1C. The molecule has 1 aromatic heterocycles. The summed E-state index contributed by atoms with van der Waals surface area (Å²) in [5.41, 5.74) is 2.24. The van der Waals surface area contributed by atoms with Crippen molar-refractivity contribution in [2.75, 3.05) is 20.3 Å². The molecule has 3 rings (SSSR count). The van der Waals surface area contributed by atoms with Gasteiger partial charge < -0.3 is 14.4 Å². The molecule has 1 aromatic carbocycles. The number of fused-ring (bicyclic) bond motifs is 1. The number of carbonyl (C=O) groups is 1. The van der Waals surface area contributed by atoms with E-state index in [0.29, 0.717) is 19.8 Å². The fraction of sp³-hybridized carbons (Fsp3) is 0.389. The van der Waals surface area contributed by atoms with Gasteiger partial charge in [-0.15, -0.1) is 11.3 Å². The lowest BCUT2D eigenvalue weighted by molar-refractivity contribution is 0.0789. The minimum atomic E-state index is 0.0627. The average molecular weight is 331 g/mol. The van der Waals surface area contributed by atoms with E-state index in [1.54, 1.807) is 16.2 Å². The Morgan fingerprint density at radius 2 is 1.96 bits per heavy atom. The molecule has 0 unspecified atom stereocenters. The van der Waals surface area contributed by atoms with Crippen molar-refractivity contribution >= 4 is 17.2 Å². The number of hydrogen-bond acceptors (Lipinski definition) is 4. The second kappa shape index (κ2) is 6.62. The molecule has 0 radical (unpaired) electrons. The second-order valence-electron chi connectivity index (χ2n) is 5.71. The van der Waals surface area contributed by atoms with E-state index in [9.17, 15) is 4.79 Å². The molecule has 1 aliphatic heterocycles. The van der Waals surface area contributed by atoms with E-state index in [-0.39, 0.29) is 5.91 Å². The van der Waals surface area contributed by atoms with Gasteiger partial charge in [0.15, 0.2) is 11.5 Å². The molecule has 0 bridgehead atoms. The number of aryl methyl sites for hydroxylation is 2. The topological polar surface area (TPSA) is 38.8 Å². The van der Waals surface area contributed by atoms with Gasteiger partial charge in [0.05, 0.1) is 4.88 Å². The first kappa shape index (κ1) is 15.9. The van der Waals surface area contributed by atoms with E-state index in [0.717, 1.165) is 28.4 Å². The van der Waals surface area contributed by atoms with Gasteiger partial charge in [-0.1, -0.05) is 13.0 Å². The number of hydrogen-bond donors (Lipinski definition) is 0. The largest absolute Gasteiger partial charge is 0.486 e. The number of nitrogens with zero attached hydrogens (tertiary/aromatic N) is 1. The molecule has 0 saturated carbocycles. The first-order valence-corrected chi connectivity index (χ1v) is 8.63. The first-order chi connectivity index (χ1) is 11.1. The van der Waals surface area contributed by atoms with Gasteiger partial charge in [0.1, 0.15) is 13.2 Å². The van der Waals surface area contributed by atoms with Crippen molar-refractivity contribution in [1.82, 2.24) is 4.90 Å². The second-order valence-corrected chi connectivity index (χ2v) is 6.85. The highest BCUT2D eigenvalue weighted by molar-refractivity contribution is 7.14. The molecule has 122 valence electrons. The van der Waals surface area contributed by atoms with Crippen molar-refractivity contribution in [2.24, 2.45) is 0 Å². The number of ether oxygens (including phenoxy) is 2. The van der Waals surface area contributed by atoms with E-state index in [1.807, 2.05) is 31.3 Å². The molecule has 0 aliphatic carbocycles. The lowest BCUT2D eigenvalue weighted by atomic mass is 10.1. The van der Waals surface area contributed by atoms with E-state index in [2.05, 4.69) is 13.8 Å². The van der Waals surface area contributed by atoms with Crippen LogP contribution in [0.15, 0.2) is 24.3 Å². The molecule has 2 heterocycles. The standard InChI is InChI=1S/C18H21NO3S/c1-4-16-12(2)9-17(23-16)18(20)19(3)11-13-5-6-14-15(10-13)22-8-7-21-14/h5-6,9-10H,4,7-8,11H2,1-3H3. The third-order valence-electron chi connectivity index (χ3n) is 3.93. The number of carbonyl (C=O) groups excluding carboxylic acids is 1. The average Bonchev–Trinajstić information content (AvgIpc) is 2.95. The van der Waals surface area contributed by atoms with Gasteiger partial charge in [-0.2, -0.15) is 0 Å². The first-order valence-electron chi connectivity index (χ1n) is 7.81. The zero-order valence-corrected chi connectivity index (χ0v) is 14.5. The van der Waals surface area contributed by atoms with Gasteiger partial charge in [-0.25, -0.2) is 0 Å². The summed E-state index contributed by atoms with van der Waals surface area (Å²) in [6.07, 6.45) is 0.968. The van der Waals surface area contributed by atoms with Crippen LogP contribution in [0.2, 0.25) is 0 Å². The van der Waals surface area contributed by atoms with Crippen molar-refractivity contribution in [1.29, 1.82) is 0 Å². The smallest absolute Gasteiger partial charge is 0.263 e. The molecule has 1 amide bonds. The summed E-state index contributed by atoms with van der Waals surface area (Å²) in [5.74, 6) is 1.60. The minimum absolute atomic E-state index is 0.0627. The predicted octanol–water partition coefficient (Wildman–Crippen LogP) is 3.66. The van der Waals surface area contributed by atoms with Crippen molar-refractivity contribution in [2.45, 2.75) is 26.8 Å². The normalized spacial score (nSPS) is 13.0. The molecule has 5 heteroatoms. The summed E-state index contributed by atoms with van der Waals surface area (Å²) in [4.78, 5) is 16.4. The van der Waals surface area contributed by atoms with Crippen LogP contribution in [0.3, 0.4) is 0 Å². The Morgan fingerprint density at radius 3 is 2.65 bits per heavy atom. The number of benzene rings is 1. The molecule has 1 aliphatic rings. The minimum Gasteiger partial charge on any atom is -0.486 e. The van der Waals surface area contributed by atoms with Crippen LogP contribution in [0.4, 0.5) is 0 Å². The Hall–Kier alpha value is -2.01. The van der Waals surface area contributed by atoms with E-state index < -0.39 is 0 Å². The summed E-state index contributed by atoms with van der Waals surface area (Å²) < 4.78 is 11.1. The monoisotopic (exact) mass is 331 g/mol. The van der Waals surface area contributed by atoms with Crippen LogP contribution in [0.25, 0.3) is 0 Å². The van der Waals surface area contributed by atoms with Crippen molar-refractivity contribution in [3.63, 3.8) is 0 Å². The van der Waals surface area contributed by atoms with Gasteiger partial charge in [-0.3, -0.25) is 4.79 Å². The molecule has 23 heavy (non-hydrogen) atoms. The third-order valence-corrected chi connectivity index (χ3v) is 5.29. The quantitative estimate of drug-likeness (QED) is 0.858. The zero-order valence-electron chi connectivity index (χ0n) is 13.7. The van der Waals surface area contributed by atoms with Crippen LogP contribution in [-0.2, 0) is 13.0 Å². The van der Waals surface area contributed by atoms with Crippen LogP contribution in [0.1, 0.15) is 32.6 Å². The molecule has 0 N–H and O–H groups in total. The lowest BCUT2D eigenvalue weighted by Gasteiger charge is -2.21. The molecule has 0 spiro atoms. The fourth-order valence-corrected chi connectivity index (χ4v) is 3.80. The van der Waals surface area contributed by atoms with Gasteiger partial charge in [0.2, 0.25) is 0 Å². The zero-order chi connectivity index (χ0) is 16.4. The third kappa shape index (κ3) is 3.34. The molecule has 0 atom stereocenters. The van der Waals surface area contributed by atoms with E-state index in [1.165, 1.54) is 10.4 Å². The maximum Gasteiger partial charge on any atom is 0.263 e. The van der Waals surface area contributed by atoms with Gasteiger partial charge >= 0.3 is 0 Å². The van der Waals surface area contributed by atoms with Crippen molar-refractivity contribution < 1.29 is 14.3 Å². The Kier molecular flexibility index (Phi) is 4.57. The Labute approximate surface area is 140 Å². The van der Waals surface area contributed by atoms with Crippen LogP contribution in [0.5, 0.6) is 11.5 Å². The molecule has 2 aromatic rings. The van der Waals surface area contributed by atoms with Crippen LogP contribution in [0, 0.1) is 6.92 Å². The van der Waals surface area contributed by atoms with Gasteiger partial charge in [0, 0.05) is 18.5 Å². The number of rotatable bonds is 4. The van der Waals surface area contributed by atoms with Crippen molar-refractivity contribution in [3.8, 4) is 11.5 Å². The van der Waals surface area contributed by atoms with Gasteiger partial charge in [0.25, 0.3) is 5.91 Å². The Bertz CT molecular complexity index is 723. The fourth-order valence-electron chi connectivity index (χ4n) is 2.70. The summed E-state index contributed by atoms with van der Waals surface area (Å²) >= 11 is 1.59. The molecular formula is C18H21NO3S. The Morgan fingerprint density at radius 1 is 1.22 bits per heavy atom. The molecule has 0 fully saturated rings. The highest BCUT2D eigenvalue weighted by Gasteiger charge is 2.17. The highest BCUT2D eigenvalue weighted by Crippen LogP contribution is 2.31. The van der Waals surface area contributed by atoms with Crippen LogP contribution < -0.4 is 9.47 Å². The van der Waals surface area contributed by atoms with E-state index >= 15 is 0 Å². The Balaban J connectivity index is 1.73. The summed E-state index contributed by atoms with van der Waals surface area (Å²) in [6, 6.07) is 7.84. The molecule has 4 nitrogen and oxygen atoms in total. The number of thiophene rings is 1. The van der Waals surface area contributed by atoms with Crippen LogP contribution >= 0.6 is 11.3 Å². The molecular weight excluding hydrogens is 310 g/mol. The highest BCUT2D eigenvalue weighted by atomic mass is 32.1. The maximum atomic E-state index is 12.6. The molecule has 0 saturated heterocycles. The summed E-state index contributed by atoms with van der Waals surface area (Å²) in [7, 11) is 1.83. The maximum absolute atomic E-state index is 12.6. The number of amides is 1. The summed E-state index contributed by atoms with van der Waals surface area (Å²) in [5, 5.41) is 0.